The lowest BCUT2D eigenvalue weighted by molar-refractivity contribution is -0.111. The molecular weight excluding hydrogens is 404 g/mol. The van der Waals surface area contributed by atoms with E-state index in [2.05, 4.69) is 26.3 Å². The number of pyridine rings is 2. The van der Waals surface area contributed by atoms with Gasteiger partial charge in [-0.05, 0) is 41.5 Å². The van der Waals surface area contributed by atoms with Crippen LogP contribution in [0.1, 0.15) is 0 Å². The highest BCUT2D eigenvalue weighted by Crippen LogP contribution is 2.35. The summed E-state index contributed by atoms with van der Waals surface area (Å²) >= 11 is 0. The summed E-state index contributed by atoms with van der Waals surface area (Å²) in [5.41, 5.74) is 6.05. The highest BCUT2D eigenvalue weighted by Gasteiger charge is 2.13. The summed E-state index contributed by atoms with van der Waals surface area (Å²) in [6, 6.07) is 13.7. The largest absolute Gasteiger partial charge is 0.446 e. The predicted octanol–water partition coefficient (Wildman–Crippen LogP) is 5.18. The van der Waals surface area contributed by atoms with Crippen molar-refractivity contribution in [1.82, 2.24) is 15.0 Å². The maximum absolute atomic E-state index is 12.1. The molecule has 1 aromatic carbocycles. The molecule has 0 aliphatic rings. The van der Waals surface area contributed by atoms with E-state index in [9.17, 15) is 4.79 Å². The molecule has 2 N–H and O–H groups in total. The van der Waals surface area contributed by atoms with Crippen molar-refractivity contribution in [3.05, 3.63) is 79.5 Å². The second kappa shape index (κ2) is 8.49. The van der Waals surface area contributed by atoms with Crippen molar-refractivity contribution in [1.29, 1.82) is 0 Å². The monoisotopic (exact) mass is 424 g/mol. The van der Waals surface area contributed by atoms with Crippen LogP contribution in [-0.2, 0) is 9.53 Å². The van der Waals surface area contributed by atoms with Gasteiger partial charge >= 0.3 is 0 Å². The first-order valence-corrected chi connectivity index (χ1v) is 10.1. The Kier molecular flexibility index (Phi) is 5.23. The van der Waals surface area contributed by atoms with Gasteiger partial charge in [-0.3, -0.25) is 4.79 Å². The van der Waals surface area contributed by atoms with Crippen LogP contribution in [-0.4, -0.2) is 34.6 Å². The van der Waals surface area contributed by atoms with E-state index in [1.165, 1.54) is 6.08 Å². The van der Waals surface area contributed by atoms with Gasteiger partial charge in [0, 0.05) is 59.4 Å². The van der Waals surface area contributed by atoms with Gasteiger partial charge in [-0.25, -0.2) is 9.97 Å². The molecule has 0 aliphatic carbocycles. The lowest BCUT2D eigenvalue weighted by atomic mass is 10.0. The van der Waals surface area contributed by atoms with Gasteiger partial charge in [0.15, 0.2) is 0 Å². The smallest absolute Gasteiger partial charge is 0.248 e. The van der Waals surface area contributed by atoms with Crippen molar-refractivity contribution in [2.24, 2.45) is 0 Å². The number of ether oxygens (including phenoxy) is 1. The maximum atomic E-state index is 12.1. The third-order valence-electron chi connectivity index (χ3n) is 5.18. The Morgan fingerprint density at radius 3 is 2.97 bits per heavy atom. The van der Waals surface area contributed by atoms with Crippen LogP contribution in [0.15, 0.2) is 83.9 Å². The fourth-order valence-corrected chi connectivity index (χ4v) is 3.71. The first kappa shape index (κ1) is 19.7. The number of nitrogens with one attached hydrogen (secondary N) is 2. The number of benzene rings is 1. The van der Waals surface area contributed by atoms with Crippen LogP contribution in [0.25, 0.3) is 44.4 Å². The molecule has 5 rings (SSSR count). The van der Waals surface area contributed by atoms with E-state index >= 15 is 0 Å². The summed E-state index contributed by atoms with van der Waals surface area (Å²) in [5, 5.41) is 4.82. The number of methoxy groups -OCH3 is 1. The third kappa shape index (κ3) is 3.77. The number of furan rings is 1. The number of amides is 1. The number of hydrogen-bond donors (Lipinski definition) is 2. The SMILES string of the molecule is COCC=CC(=O)Nc1cccc(-c2cnc3[nH]cc(-c4ccnc5occc45)c3c2)c1. The molecule has 0 unspecified atom stereocenters. The van der Waals surface area contributed by atoms with E-state index in [0.29, 0.717) is 18.0 Å². The number of hydrogen-bond acceptors (Lipinski definition) is 5. The normalized spacial score (nSPS) is 11.5. The first-order valence-electron chi connectivity index (χ1n) is 10.1. The summed E-state index contributed by atoms with van der Waals surface area (Å²) in [6.45, 7) is 0.390. The van der Waals surface area contributed by atoms with E-state index in [0.717, 1.165) is 38.7 Å². The topological polar surface area (TPSA) is 93.0 Å². The van der Waals surface area contributed by atoms with Gasteiger partial charge in [0.05, 0.1) is 12.9 Å². The molecule has 0 saturated heterocycles. The van der Waals surface area contributed by atoms with Crippen LogP contribution >= 0.6 is 0 Å². The van der Waals surface area contributed by atoms with Gasteiger partial charge in [0.1, 0.15) is 5.65 Å². The standard InChI is InChI=1S/C25H20N4O3/c1-31-10-3-6-23(30)29-18-5-2-4-16(12-18)17-13-21-22(15-28-24(21)27-14-17)19-7-9-26-25-20(19)8-11-32-25/h2-9,11-15H,10H2,1H3,(H,27,28)(H,29,30). The highest BCUT2D eigenvalue weighted by atomic mass is 16.5. The lowest BCUT2D eigenvalue weighted by Crippen LogP contribution is -2.08. The van der Waals surface area contributed by atoms with Crippen LogP contribution < -0.4 is 5.32 Å². The minimum Gasteiger partial charge on any atom is -0.446 e. The molecule has 4 aromatic heterocycles. The molecular formula is C25H20N4O3. The van der Waals surface area contributed by atoms with E-state index in [-0.39, 0.29) is 5.91 Å². The fraction of sp³-hybridized carbons (Fsp3) is 0.0800. The maximum Gasteiger partial charge on any atom is 0.248 e. The van der Waals surface area contributed by atoms with Crippen molar-refractivity contribution in [3.63, 3.8) is 0 Å². The molecule has 0 atom stereocenters. The minimum absolute atomic E-state index is 0.206. The number of nitrogens with zero attached hydrogens (tertiary/aromatic N) is 2. The van der Waals surface area contributed by atoms with E-state index in [1.54, 1.807) is 25.6 Å². The zero-order valence-corrected chi connectivity index (χ0v) is 17.3. The molecule has 7 heteroatoms. The van der Waals surface area contributed by atoms with Crippen LogP contribution in [0.5, 0.6) is 0 Å². The molecule has 7 nitrogen and oxygen atoms in total. The van der Waals surface area contributed by atoms with E-state index in [4.69, 9.17) is 9.15 Å². The number of carbonyl (C=O) groups excluding carboxylic acids is 1. The molecule has 0 spiro atoms. The minimum atomic E-state index is -0.206. The van der Waals surface area contributed by atoms with Crippen LogP contribution in [0.4, 0.5) is 5.69 Å². The third-order valence-corrected chi connectivity index (χ3v) is 5.18. The molecule has 0 saturated carbocycles. The van der Waals surface area contributed by atoms with Gasteiger partial charge < -0.3 is 19.5 Å². The number of H-pyrrole nitrogens is 1. The zero-order chi connectivity index (χ0) is 21.9. The van der Waals surface area contributed by atoms with Crippen molar-refractivity contribution >= 4 is 33.7 Å². The molecule has 0 bridgehead atoms. The average Bonchev–Trinajstić information content (AvgIpc) is 3.46. The van der Waals surface area contributed by atoms with Gasteiger partial charge in [-0.1, -0.05) is 18.2 Å². The van der Waals surface area contributed by atoms with Gasteiger partial charge in [0.2, 0.25) is 11.6 Å². The van der Waals surface area contributed by atoms with E-state index < -0.39 is 0 Å². The Morgan fingerprint density at radius 1 is 1.12 bits per heavy atom. The van der Waals surface area contributed by atoms with Crippen LogP contribution in [0.2, 0.25) is 0 Å². The predicted molar refractivity (Wildman–Crippen MR) is 124 cm³/mol. The molecule has 32 heavy (non-hydrogen) atoms. The van der Waals surface area contributed by atoms with Crippen molar-refractivity contribution in [2.75, 3.05) is 19.0 Å². The van der Waals surface area contributed by atoms with Gasteiger partial charge in [-0.15, -0.1) is 0 Å². The Bertz CT molecular complexity index is 1450. The number of aromatic amines is 1. The second-order valence-corrected chi connectivity index (χ2v) is 7.25. The first-order chi connectivity index (χ1) is 15.7. The fourth-order valence-electron chi connectivity index (χ4n) is 3.71. The Morgan fingerprint density at radius 2 is 2.06 bits per heavy atom. The number of aromatic nitrogens is 3. The summed E-state index contributed by atoms with van der Waals surface area (Å²) < 4.78 is 10.4. The quantitative estimate of drug-likeness (QED) is 0.367. The Hall–Kier alpha value is -4.23. The van der Waals surface area contributed by atoms with Gasteiger partial charge in [0.25, 0.3) is 0 Å². The molecule has 158 valence electrons. The highest BCUT2D eigenvalue weighted by molar-refractivity contribution is 6.03. The van der Waals surface area contributed by atoms with E-state index in [1.807, 2.05) is 48.8 Å². The molecule has 0 aliphatic heterocycles. The average molecular weight is 424 g/mol. The second-order valence-electron chi connectivity index (χ2n) is 7.25. The molecule has 1 amide bonds. The molecule has 4 heterocycles. The zero-order valence-electron chi connectivity index (χ0n) is 17.3. The Labute approximate surface area is 183 Å². The van der Waals surface area contributed by atoms with Gasteiger partial charge in [-0.2, -0.15) is 0 Å². The number of anilines is 1. The van der Waals surface area contributed by atoms with Crippen molar-refractivity contribution < 1.29 is 13.9 Å². The van der Waals surface area contributed by atoms with Crippen LogP contribution in [0.3, 0.4) is 0 Å². The lowest BCUT2D eigenvalue weighted by Gasteiger charge is -2.07. The summed E-state index contributed by atoms with van der Waals surface area (Å²) in [5.74, 6) is -0.206. The van der Waals surface area contributed by atoms with Crippen molar-refractivity contribution in [3.8, 4) is 22.3 Å². The molecule has 5 aromatic rings. The summed E-state index contributed by atoms with van der Waals surface area (Å²) in [7, 11) is 1.58. The summed E-state index contributed by atoms with van der Waals surface area (Å²) in [4.78, 5) is 24.2. The number of rotatable bonds is 6. The summed E-state index contributed by atoms with van der Waals surface area (Å²) in [6.07, 6.45) is 10.3. The molecule has 0 fully saturated rings. The van der Waals surface area contributed by atoms with Crippen molar-refractivity contribution in [2.45, 2.75) is 0 Å². The Balaban J connectivity index is 1.50. The number of carbonyl (C=O) groups is 1. The molecule has 0 radical (unpaired) electrons. The number of fused-ring (bicyclic) bond motifs is 2. The van der Waals surface area contributed by atoms with Crippen LogP contribution in [0, 0.1) is 0 Å².